The molecular weight excluding hydrogens is 306 g/mol. The molecule has 126 valence electrons. The quantitative estimate of drug-likeness (QED) is 0.740. The SMILES string of the molecule is CCC(C)C(C(=O)NCc1nc2ccccc2n1C)n1cnnn1. The number of nitrogens with one attached hydrogen (secondary N) is 1. The van der Waals surface area contributed by atoms with Crippen molar-refractivity contribution >= 4 is 16.9 Å². The van der Waals surface area contributed by atoms with Crippen LogP contribution in [0.25, 0.3) is 11.0 Å². The van der Waals surface area contributed by atoms with Gasteiger partial charge in [0.25, 0.3) is 0 Å². The molecule has 2 heterocycles. The largest absolute Gasteiger partial charge is 0.347 e. The Labute approximate surface area is 139 Å². The number of carbonyl (C=O) groups excluding carboxylic acids is 1. The van der Waals surface area contributed by atoms with E-state index in [0.717, 1.165) is 23.3 Å². The van der Waals surface area contributed by atoms with Crippen LogP contribution in [0.3, 0.4) is 0 Å². The van der Waals surface area contributed by atoms with Crippen molar-refractivity contribution in [3.63, 3.8) is 0 Å². The summed E-state index contributed by atoms with van der Waals surface area (Å²) in [4.78, 5) is 17.2. The molecule has 1 N–H and O–H groups in total. The van der Waals surface area contributed by atoms with Gasteiger partial charge in [0.05, 0.1) is 17.6 Å². The van der Waals surface area contributed by atoms with Gasteiger partial charge in [-0.15, -0.1) is 5.10 Å². The first kappa shape index (κ1) is 16.1. The maximum absolute atomic E-state index is 12.7. The normalized spacial score (nSPS) is 13.8. The summed E-state index contributed by atoms with van der Waals surface area (Å²) in [6.45, 7) is 4.42. The summed E-state index contributed by atoms with van der Waals surface area (Å²) in [6.07, 6.45) is 2.33. The third-order valence-electron chi connectivity index (χ3n) is 4.40. The molecule has 1 amide bonds. The summed E-state index contributed by atoms with van der Waals surface area (Å²) in [7, 11) is 1.95. The summed E-state index contributed by atoms with van der Waals surface area (Å²) >= 11 is 0. The predicted molar refractivity (Wildman–Crippen MR) is 88.9 cm³/mol. The van der Waals surface area contributed by atoms with E-state index in [1.807, 2.05) is 49.7 Å². The summed E-state index contributed by atoms with van der Waals surface area (Å²) in [5.74, 6) is 0.821. The molecule has 8 heteroatoms. The van der Waals surface area contributed by atoms with E-state index in [2.05, 4.69) is 25.8 Å². The fourth-order valence-electron chi connectivity index (χ4n) is 2.78. The van der Waals surface area contributed by atoms with Crippen LogP contribution >= 0.6 is 0 Å². The molecule has 0 fully saturated rings. The molecule has 1 aromatic carbocycles. The first-order valence-electron chi connectivity index (χ1n) is 8.02. The highest BCUT2D eigenvalue weighted by atomic mass is 16.2. The molecule has 3 rings (SSSR count). The molecule has 24 heavy (non-hydrogen) atoms. The lowest BCUT2D eigenvalue weighted by Gasteiger charge is -2.21. The molecule has 0 radical (unpaired) electrons. The van der Waals surface area contributed by atoms with Crippen LogP contribution in [-0.4, -0.2) is 35.7 Å². The molecule has 8 nitrogen and oxygen atoms in total. The number of benzene rings is 1. The zero-order valence-electron chi connectivity index (χ0n) is 14.0. The highest BCUT2D eigenvalue weighted by Gasteiger charge is 2.27. The molecule has 0 saturated carbocycles. The average Bonchev–Trinajstić information content (AvgIpc) is 3.22. The summed E-state index contributed by atoms with van der Waals surface area (Å²) in [6, 6.07) is 7.47. The van der Waals surface area contributed by atoms with Crippen LogP contribution in [0.1, 0.15) is 32.1 Å². The van der Waals surface area contributed by atoms with Crippen molar-refractivity contribution in [1.82, 2.24) is 35.1 Å². The van der Waals surface area contributed by atoms with Crippen molar-refractivity contribution < 1.29 is 4.79 Å². The third kappa shape index (κ3) is 2.99. The zero-order valence-corrected chi connectivity index (χ0v) is 14.0. The van der Waals surface area contributed by atoms with Crippen molar-refractivity contribution in [3.8, 4) is 0 Å². The van der Waals surface area contributed by atoms with Crippen molar-refractivity contribution in [1.29, 1.82) is 0 Å². The van der Waals surface area contributed by atoms with Crippen LogP contribution in [0.4, 0.5) is 0 Å². The third-order valence-corrected chi connectivity index (χ3v) is 4.40. The number of aryl methyl sites for hydroxylation is 1. The highest BCUT2D eigenvalue weighted by molar-refractivity contribution is 5.80. The van der Waals surface area contributed by atoms with E-state index in [1.54, 1.807) is 0 Å². The first-order valence-corrected chi connectivity index (χ1v) is 8.02. The number of tetrazole rings is 1. The standard InChI is InChI=1S/C16H21N7O/c1-4-11(2)15(23-10-18-20-21-23)16(24)17-9-14-19-12-7-5-6-8-13(12)22(14)3/h5-8,10-11,15H,4,9H2,1-3H3,(H,17,24). The number of fused-ring (bicyclic) bond motifs is 1. The van der Waals surface area contributed by atoms with Gasteiger partial charge in [-0.1, -0.05) is 32.4 Å². The summed E-state index contributed by atoms with van der Waals surface area (Å²) in [5, 5.41) is 14.1. The predicted octanol–water partition coefficient (Wildman–Crippen LogP) is 1.46. The number of imidazole rings is 1. The zero-order chi connectivity index (χ0) is 17.1. The van der Waals surface area contributed by atoms with E-state index >= 15 is 0 Å². The highest BCUT2D eigenvalue weighted by Crippen LogP contribution is 2.20. The summed E-state index contributed by atoms with van der Waals surface area (Å²) < 4.78 is 3.50. The average molecular weight is 327 g/mol. The van der Waals surface area contributed by atoms with E-state index in [4.69, 9.17) is 0 Å². The molecule has 2 atom stereocenters. The molecule has 2 unspecified atom stereocenters. The van der Waals surface area contributed by atoms with Crippen LogP contribution in [-0.2, 0) is 18.4 Å². The lowest BCUT2D eigenvalue weighted by atomic mass is 9.98. The Bertz CT molecular complexity index is 824. The fourth-order valence-corrected chi connectivity index (χ4v) is 2.78. The number of rotatable bonds is 6. The van der Waals surface area contributed by atoms with Gasteiger partial charge < -0.3 is 9.88 Å². The minimum atomic E-state index is -0.431. The van der Waals surface area contributed by atoms with Crippen LogP contribution in [0, 0.1) is 5.92 Å². The van der Waals surface area contributed by atoms with Crippen molar-refractivity contribution in [2.75, 3.05) is 0 Å². The van der Waals surface area contributed by atoms with Crippen LogP contribution in [0.5, 0.6) is 0 Å². The summed E-state index contributed by atoms with van der Waals surface area (Å²) in [5.41, 5.74) is 1.96. The van der Waals surface area contributed by atoms with Gasteiger partial charge in [0.2, 0.25) is 5.91 Å². The van der Waals surface area contributed by atoms with Gasteiger partial charge in [-0.3, -0.25) is 4.79 Å². The van der Waals surface area contributed by atoms with Gasteiger partial charge in [-0.2, -0.15) is 0 Å². The van der Waals surface area contributed by atoms with Gasteiger partial charge in [-0.05, 0) is 28.5 Å². The fraction of sp³-hybridized carbons (Fsp3) is 0.438. The number of hydrogen-bond donors (Lipinski definition) is 1. The molecule has 0 spiro atoms. The number of hydrogen-bond acceptors (Lipinski definition) is 5. The lowest BCUT2D eigenvalue weighted by molar-refractivity contribution is -0.126. The minimum Gasteiger partial charge on any atom is -0.347 e. The van der Waals surface area contributed by atoms with Gasteiger partial charge in [0, 0.05) is 7.05 Å². The number of para-hydroxylation sites is 2. The Morgan fingerprint density at radius 2 is 2.12 bits per heavy atom. The second kappa shape index (κ2) is 6.77. The van der Waals surface area contributed by atoms with Crippen LogP contribution in [0.2, 0.25) is 0 Å². The second-order valence-corrected chi connectivity index (χ2v) is 5.91. The Hall–Kier alpha value is -2.77. The van der Waals surface area contributed by atoms with Gasteiger partial charge in [0.1, 0.15) is 18.2 Å². The molecule has 3 aromatic rings. The van der Waals surface area contributed by atoms with Crippen molar-refractivity contribution in [2.24, 2.45) is 13.0 Å². The second-order valence-electron chi connectivity index (χ2n) is 5.91. The lowest BCUT2D eigenvalue weighted by Crippen LogP contribution is -2.36. The number of aromatic nitrogens is 6. The van der Waals surface area contributed by atoms with E-state index in [0.29, 0.717) is 6.54 Å². The molecule has 0 aliphatic rings. The number of amides is 1. The molecular formula is C16H21N7O. The maximum Gasteiger partial charge on any atom is 0.245 e. The Morgan fingerprint density at radius 1 is 1.33 bits per heavy atom. The molecule has 0 bridgehead atoms. The number of nitrogens with zero attached hydrogens (tertiary/aromatic N) is 6. The number of carbonyl (C=O) groups is 1. The van der Waals surface area contributed by atoms with Crippen LogP contribution in [0.15, 0.2) is 30.6 Å². The van der Waals surface area contributed by atoms with Crippen LogP contribution < -0.4 is 5.32 Å². The minimum absolute atomic E-state index is 0.108. The molecule has 0 aliphatic carbocycles. The Morgan fingerprint density at radius 3 is 2.79 bits per heavy atom. The van der Waals surface area contributed by atoms with Gasteiger partial charge >= 0.3 is 0 Å². The maximum atomic E-state index is 12.7. The Kier molecular flexibility index (Phi) is 4.54. The van der Waals surface area contributed by atoms with Crippen molar-refractivity contribution in [2.45, 2.75) is 32.9 Å². The van der Waals surface area contributed by atoms with Gasteiger partial charge in [-0.25, -0.2) is 9.67 Å². The van der Waals surface area contributed by atoms with E-state index in [9.17, 15) is 4.79 Å². The topological polar surface area (TPSA) is 90.5 Å². The van der Waals surface area contributed by atoms with Gasteiger partial charge in [0.15, 0.2) is 0 Å². The first-order chi connectivity index (χ1) is 11.6. The molecule has 0 aliphatic heterocycles. The molecule has 2 aromatic heterocycles. The smallest absolute Gasteiger partial charge is 0.245 e. The van der Waals surface area contributed by atoms with Crippen molar-refractivity contribution in [3.05, 3.63) is 36.4 Å². The van der Waals surface area contributed by atoms with E-state index in [1.165, 1.54) is 11.0 Å². The van der Waals surface area contributed by atoms with E-state index < -0.39 is 6.04 Å². The van der Waals surface area contributed by atoms with E-state index in [-0.39, 0.29) is 11.8 Å². The molecule has 0 saturated heterocycles. The monoisotopic (exact) mass is 327 g/mol. The Balaban J connectivity index is 1.76.